The van der Waals surface area contributed by atoms with Crippen molar-refractivity contribution in [2.45, 2.75) is 6.92 Å². The number of thiazole rings is 1. The highest BCUT2D eigenvalue weighted by Crippen LogP contribution is 2.31. The Morgan fingerprint density at radius 1 is 1.06 bits per heavy atom. The van der Waals surface area contributed by atoms with E-state index in [0.29, 0.717) is 5.76 Å². The largest absolute Gasteiger partial charge is 0.448 e. The molecule has 0 spiro atoms. The van der Waals surface area contributed by atoms with Crippen LogP contribution in [-0.4, -0.2) is 49.0 Å². The predicted octanol–water partition coefficient (Wildman–Crippen LogP) is 4.87. The minimum Gasteiger partial charge on any atom is -0.448 e. The standard InChI is InChI=1S/C24H24N4O2S/c1-16-15-17(7-8-19(16)28-13-11-27(2)12-14-28)25-23(29)20-9-10-21(30-20)24-26-18-5-3-4-6-22(18)31-24/h3-10,15H,11-14H2,1-2H3,(H,25,29). The first-order valence-electron chi connectivity index (χ1n) is 10.4. The third-order valence-electron chi connectivity index (χ3n) is 5.63. The number of carbonyl (C=O) groups is 1. The molecule has 0 aliphatic carbocycles. The first-order valence-corrected chi connectivity index (χ1v) is 11.2. The van der Waals surface area contributed by atoms with Gasteiger partial charge in [0.25, 0.3) is 5.91 Å². The maximum Gasteiger partial charge on any atom is 0.291 e. The first-order chi connectivity index (χ1) is 15.1. The molecule has 2 aromatic carbocycles. The topological polar surface area (TPSA) is 61.6 Å². The molecule has 0 saturated carbocycles. The number of para-hydroxylation sites is 1. The molecule has 7 heteroatoms. The van der Waals surface area contributed by atoms with Crippen LogP contribution in [0.3, 0.4) is 0 Å². The number of furan rings is 1. The van der Waals surface area contributed by atoms with Crippen LogP contribution >= 0.6 is 11.3 Å². The number of nitrogens with zero attached hydrogens (tertiary/aromatic N) is 3. The summed E-state index contributed by atoms with van der Waals surface area (Å²) in [6.45, 7) is 6.25. The summed E-state index contributed by atoms with van der Waals surface area (Å²) < 4.78 is 6.91. The van der Waals surface area contributed by atoms with Crippen LogP contribution in [0.25, 0.3) is 21.0 Å². The van der Waals surface area contributed by atoms with E-state index in [9.17, 15) is 4.79 Å². The van der Waals surface area contributed by atoms with Gasteiger partial charge in [0.15, 0.2) is 16.5 Å². The quantitative estimate of drug-likeness (QED) is 0.499. The zero-order valence-electron chi connectivity index (χ0n) is 17.6. The van der Waals surface area contributed by atoms with Crippen molar-refractivity contribution in [2.24, 2.45) is 0 Å². The monoisotopic (exact) mass is 432 g/mol. The van der Waals surface area contributed by atoms with Gasteiger partial charge in [0.05, 0.1) is 10.2 Å². The molecular weight excluding hydrogens is 408 g/mol. The molecule has 1 saturated heterocycles. The number of hydrogen-bond acceptors (Lipinski definition) is 6. The van der Waals surface area contributed by atoms with Gasteiger partial charge < -0.3 is 19.5 Å². The molecule has 1 amide bonds. The summed E-state index contributed by atoms with van der Waals surface area (Å²) in [4.78, 5) is 22.1. The fourth-order valence-corrected chi connectivity index (χ4v) is 4.81. The summed E-state index contributed by atoms with van der Waals surface area (Å²) in [7, 11) is 2.15. The van der Waals surface area contributed by atoms with E-state index >= 15 is 0 Å². The lowest BCUT2D eigenvalue weighted by Gasteiger charge is -2.35. The fourth-order valence-electron chi connectivity index (χ4n) is 3.88. The number of benzene rings is 2. The second kappa shape index (κ2) is 8.17. The van der Waals surface area contributed by atoms with Crippen molar-refractivity contribution >= 4 is 38.8 Å². The number of aromatic nitrogens is 1. The molecule has 0 atom stereocenters. The molecule has 1 N–H and O–H groups in total. The SMILES string of the molecule is Cc1cc(NC(=O)c2ccc(-c3nc4ccccc4s3)o2)ccc1N1CCN(C)CC1. The second-order valence-electron chi connectivity index (χ2n) is 7.90. The average Bonchev–Trinajstić information content (AvgIpc) is 3.42. The number of fused-ring (bicyclic) bond motifs is 1. The van der Waals surface area contributed by atoms with Gasteiger partial charge in [-0.15, -0.1) is 11.3 Å². The third-order valence-corrected chi connectivity index (χ3v) is 6.68. The Hall–Kier alpha value is -3.16. The van der Waals surface area contributed by atoms with Crippen molar-refractivity contribution in [1.29, 1.82) is 0 Å². The average molecular weight is 433 g/mol. The van der Waals surface area contributed by atoms with E-state index in [-0.39, 0.29) is 11.7 Å². The Morgan fingerprint density at radius 2 is 1.87 bits per heavy atom. The first kappa shape index (κ1) is 19.8. The number of piperazine rings is 1. The number of anilines is 2. The molecule has 0 unspecified atom stereocenters. The van der Waals surface area contributed by atoms with Crippen LogP contribution in [0.1, 0.15) is 16.1 Å². The van der Waals surface area contributed by atoms with Crippen LogP contribution in [0.5, 0.6) is 0 Å². The van der Waals surface area contributed by atoms with Crippen molar-refractivity contribution in [3.8, 4) is 10.8 Å². The molecular formula is C24H24N4O2S. The third kappa shape index (κ3) is 4.06. The number of amides is 1. The van der Waals surface area contributed by atoms with Gasteiger partial charge in [-0.25, -0.2) is 4.98 Å². The molecule has 5 rings (SSSR count). The zero-order chi connectivity index (χ0) is 21.4. The summed E-state index contributed by atoms with van der Waals surface area (Å²) in [5, 5.41) is 3.72. The lowest BCUT2D eigenvalue weighted by atomic mass is 10.1. The van der Waals surface area contributed by atoms with Crippen molar-refractivity contribution in [3.05, 3.63) is 65.9 Å². The van der Waals surface area contributed by atoms with Crippen LogP contribution < -0.4 is 10.2 Å². The maximum absolute atomic E-state index is 12.7. The van der Waals surface area contributed by atoms with E-state index in [0.717, 1.165) is 52.7 Å². The molecule has 1 fully saturated rings. The van der Waals surface area contributed by atoms with Crippen LogP contribution in [0.4, 0.5) is 11.4 Å². The highest BCUT2D eigenvalue weighted by molar-refractivity contribution is 7.21. The smallest absolute Gasteiger partial charge is 0.291 e. The van der Waals surface area contributed by atoms with Crippen LogP contribution in [0, 0.1) is 6.92 Å². The maximum atomic E-state index is 12.7. The van der Waals surface area contributed by atoms with E-state index < -0.39 is 0 Å². The molecule has 6 nitrogen and oxygen atoms in total. The van der Waals surface area contributed by atoms with E-state index in [1.54, 1.807) is 23.5 Å². The van der Waals surface area contributed by atoms with Crippen LogP contribution in [0.15, 0.2) is 59.0 Å². The number of hydrogen-bond donors (Lipinski definition) is 1. The van der Waals surface area contributed by atoms with Gasteiger partial charge in [-0.05, 0) is 62.0 Å². The summed E-state index contributed by atoms with van der Waals surface area (Å²) in [6, 6.07) is 17.5. The fraction of sp³-hybridized carbons (Fsp3) is 0.250. The minimum absolute atomic E-state index is 0.265. The number of carbonyl (C=O) groups excluding carboxylic acids is 1. The van der Waals surface area contributed by atoms with Gasteiger partial charge >= 0.3 is 0 Å². The summed E-state index contributed by atoms with van der Waals surface area (Å²) >= 11 is 1.55. The lowest BCUT2D eigenvalue weighted by Crippen LogP contribution is -2.44. The van der Waals surface area contributed by atoms with Crippen molar-refractivity contribution < 1.29 is 9.21 Å². The lowest BCUT2D eigenvalue weighted by molar-refractivity contribution is 0.0997. The molecule has 2 aromatic heterocycles. The molecule has 31 heavy (non-hydrogen) atoms. The van der Waals surface area contributed by atoms with Crippen molar-refractivity contribution in [1.82, 2.24) is 9.88 Å². The molecule has 3 heterocycles. The second-order valence-corrected chi connectivity index (χ2v) is 8.93. The van der Waals surface area contributed by atoms with E-state index in [1.807, 2.05) is 36.4 Å². The molecule has 158 valence electrons. The number of likely N-dealkylation sites (N-methyl/N-ethyl adjacent to an activating group) is 1. The summed E-state index contributed by atoms with van der Waals surface area (Å²) in [5.41, 5.74) is 4.07. The Labute approximate surface area is 185 Å². The normalized spacial score (nSPS) is 14.8. The Balaban J connectivity index is 1.30. The van der Waals surface area contributed by atoms with Crippen LogP contribution in [0.2, 0.25) is 0 Å². The predicted molar refractivity (Wildman–Crippen MR) is 126 cm³/mol. The van der Waals surface area contributed by atoms with Gasteiger partial charge in [0.2, 0.25) is 0 Å². The van der Waals surface area contributed by atoms with Crippen molar-refractivity contribution in [3.63, 3.8) is 0 Å². The molecule has 0 radical (unpaired) electrons. The van der Waals surface area contributed by atoms with E-state index in [1.165, 1.54) is 5.69 Å². The highest BCUT2D eigenvalue weighted by atomic mass is 32.1. The summed E-state index contributed by atoms with van der Waals surface area (Å²) in [6.07, 6.45) is 0. The minimum atomic E-state index is -0.265. The highest BCUT2D eigenvalue weighted by Gasteiger charge is 2.18. The van der Waals surface area contributed by atoms with Gasteiger partial charge in [-0.1, -0.05) is 12.1 Å². The van der Waals surface area contributed by atoms with Crippen LogP contribution in [-0.2, 0) is 0 Å². The van der Waals surface area contributed by atoms with Gasteiger partial charge in [-0.2, -0.15) is 0 Å². The van der Waals surface area contributed by atoms with E-state index in [4.69, 9.17) is 4.42 Å². The van der Waals surface area contributed by atoms with Gasteiger partial charge in [0, 0.05) is 37.6 Å². The Bertz CT molecular complexity index is 1200. The number of rotatable bonds is 4. The van der Waals surface area contributed by atoms with Crippen molar-refractivity contribution in [2.75, 3.05) is 43.4 Å². The molecule has 0 bridgehead atoms. The summed E-state index contributed by atoms with van der Waals surface area (Å²) in [5.74, 6) is 0.613. The zero-order valence-corrected chi connectivity index (χ0v) is 18.4. The Kier molecular flexibility index (Phi) is 5.21. The van der Waals surface area contributed by atoms with E-state index in [2.05, 4.69) is 40.1 Å². The Morgan fingerprint density at radius 3 is 2.65 bits per heavy atom. The molecule has 1 aliphatic rings. The number of aryl methyl sites for hydroxylation is 1. The van der Waals surface area contributed by atoms with Gasteiger partial charge in [-0.3, -0.25) is 4.79 Å². The molecule has 1 aliphatic heterocycles. The number of nitrogens with one attached hydrogen (secondary N) is 1. The van der Waals surface area contributed by atoms with Gasteiger partial charge in [0.1, 0.15) is 0 Å². The molecule has 4 aromatic rings.